The molecule has 0 amide bonds. The van der Waals surface area contributed by atoms with Crippen LogP contribution in [0.25, 0.3) is 66.4 Å². The molecule has 0 N–H and O–H groups in total. The van der Waals surface area contributed by atoms with E-state index in [4.69, 9.17) is 13.3 Å². The van der Waals surface area contributed by atoms with Crippen LogP contribution < -0.4 is 11.3 Å². The quantitative estimate of drug-likeness (QED) is 0.234. The first-order chi connectivity index (χ1) is 17.2. The highest BCUT2D eigenvalue weighted by Gasteiger charge is 2.20. The molecule has 7 nitrogen and oxygen atoms in total. The number of nitrogens with zero attached hydrogens (tertiary/aromatic N) is 2. The summed E-state index contributed by atoms with van der Waals surface area (Å²) in [6, 6.07) is 26.2. The van der Waals surface area contributed by atoms with Crippen LogP contribution in [-0.4, -0.2) is 10.2 Å². The van der Waals surface area contributed by atoms with Gasteiger partial charge in [0.15, 0.2) is 0 Å². The Bertz CT molecular complexity index is 1920. The molecule has 0 radical (unpaired) electrons. The van der Waals surface area contributed by atoms with E-state index >= 15 is 0 Å². The standard InChI is InChI=1S/C28H14N2O5/c31-27-21(13-19-17-7-3-1-5-15(17)9-11-23(19)33-27)25-29-30-26(35-25)22-14-20-18-8-4-2-6-16(18)10-12-24(20)34-28(22)32/h1-14H. The fourth-order valence-electron chi connectivity index (χ4n) is 4.48. The summed E-state index contributed by atoms with van der Waals surface area (Å²) in [4.78, 5) is 25.5. The number of hydrogen-bond acceptors (Lipinski definition) is 7. The predicted molar refractivity (Wildman–Crippen MR) is 132 cm³/mol. The third kappa shape index (κ3) is 2.99. The van der Waals surface area contributed by atoms with E-state index < -0.39 is 11.3 Å². The lowest BCUT2D eigenvalue weighted by Crippen LogP contribution is -2.03. The van der Waals surface area contributed by atoms with E-state index in [1.807, 2.05) is 60.7 Å². The van der Waals surface area contributed by atoms with E-state index in [0.29, 0.717) is 11.2 Å². The molecule has 7 aromatic rings. The molecule has 0 spiro atoms. The van der Waals surface area contributed by atoms with Gasteiger partial charge in [-0.25, -0.2) is 9.59 Å². The predicted octanol–water partition coefficient (Wildman–Crippen LogP) is 5.92. The molecule has 0 bridgehead atoms. The smallest absolute Gasteiger partial charge is 0.349 e. The maximum absolute atomic E-state index is 12.7. The van der Waals surface area contributed by atoms with Crippen molar-refractivity contribution in [2.75, 3.05) is 0 Å². The highest BCUT2D eigenvalue weighted by Crippen LogP contribution is 2.30. The number of benzene rings is 4. The molecule has 4 aromatic carbocycles. The molecule has 3 aromatic heterocycles. The van der Waals surface area contributed by atoms with Gasteiger partial charge < -0.3 is 13.3 Å². The second kappa shape index (κ2) is 7.23. The molecule has 0 saturated carbocycles. The van der Waals surface area contributed by atoms with Crippen LogP contribution in [0.15, 0.2) is 108 Å². The van der Waals surface area contributed by atoms with Gasteiger partial charge >= 0.3 is 11.3 Å². The molecule has 0 aliphatic carbocycles. The van der Waals surface area contributed by atoms with Crippen LogP contribution in [0.4, 0.5) is 0 Å². The van der Waals surface area contributed by atoms with Crippen LogP contribution in [0.3, 0.4) is 0 Å². The van der Waals surface area contributed by atoms with Gasteiger partial charge in [-0.1, -0.05) is 60.7 Å². The Labute approximate surface area is 195 Å². The zero-order valence-electron chi connectivity index (χ0n) is 18.0. The maximum Gasteiger partial charge on any atom is 0.349 e. The summed E-state index contributed by atoms with van der Waals surface area (Å²) >= 11 is 0. The van der Waals surface area contributed by atoms with Crippen LogP contribution in [0.1, 0.15) is 0 Å². The Kier molecular flexibility index (Phi) is 4.01. The zero-order valence-corrected chi connectivity index (χ0v) is 18.0. The van der Waals surface area contributed by atoms with Gasteiger partial charge in [0.1, 0.15) is 22.3 Å². The molecule has 0 fully saturated rings. The van der Waals surface area contributed by atoms with E-state index in [-0.39, 0.29) is 22.9 Å². The maximum atomic E-state index is 12.7. The molecule has 0 saturated heterocycles. The van der Waals surface area contributed by atoms with E-state index in [1.54, 1.807) is 24.3 Å². The van der Waals surface area contributed by atoms with Crippen molar-refractivity contribution >= 4 is 43.5 Å². The van der Waals surface area contributed by atoms with E-state index in [2.05, 4.69) is 10.2 Å². The summed E-state index contributed by atoms with van der Waals surface area (Å²) in [6.45, 7) is 0. The average Bonchev–Trinajstić information content (AvgIpc) is 3.37. The van der Waals surface area contributed by atoms with Gasteiger partial charge in [0, 0.05) is 10.8 Å². The van der Waals surface area contributed by atoms with Gasteiger partial charge in [0.05, 0.1) is 0 Å². The molecule has 0 unspecified atom stereocenters. The van der Waals surface area contributed by atoms with Crippen LogP contribution in [0.2, 0.25) is 0 Å². The van der Waals surface area contributed by atoms with Crippen LogP contribution in [0.5, 0.6) is 0 Å². The summed E-state index contributed by atoms with van der Waals surface area (Å²) in [5, 5.41) is 13.4. The highest BCUT2D eigenvalue weighted by molar-refractivity contribution is 6.07. The molecule has 0 aliphatic heterocycles. The fourth-order valence-corrected chi connectivity index (χ4v) is 4.48. The summed E-state index contributed by atoms with van der Waals surface area (Å²) in [5.74, 6) is -0.0815. The van der Waals surface area contributed by atoms with Gasteiger partial charge in [-0.3, -0.25) is 0 Å². The number of rotatable bonds is 2. The zero-order chi connectivity index (χ0) is 23.5. The summed E-state index contributed by atoms with van der Waals surface area (Å²) in [6.07, 6.45) is 0. The molecule has 3 heterocycles. The van der Waals surface area contributed by atoms with Gasteiger partial charge in [-0.15, -0.1) is 10.2 Å². The van der Waals surface area contributed by atoms with Crippen LogP contribution in [0, 0.1) is 0 Å². The minimum atomic E-state index is -0.612. The summed E-state index contributed by atoms with van der Waals surface area (Å²) in [7, 11) is 0. The molecule has 0 aliphatic rings. The highest BCUT2D eigenvalue weighted by atomic mass is 16.4. The average molecular weight is 458 g/mol. The van der Waals surface area contributed by atoms with E-state index in [1.165, 1.54) is 0 Å². The van der Waals surface area contributed by atoms with Crippen molar-refractivity contribution in [3.05, 3.63) is 106 Å². The Balaban J connectivity index is 1.41. The Morgan fingerprint density at radius 3 is 1.43 bits per heavy atom. The summed E-state index contributed by atoms with van der Waals surface area (Å²) in [5.41, 5.74) is -0.0796. The molecule has 7 heteroatoms. The van der Waals surface area contributed by atoms with Crippen molar-refractivity contribution in [2.24, 2.45) is 0 Å². The first-order valence-corrected chi connectivity index (χ1v) is 10.9. The lowest BCUT2D eigenvalue weighted by atomic mass is 10.0. The molecule has 0 atom stereocenters. The third-order valence-electron chi connectivity index (χ3n) is 6.17. The first-order valence-electron chi connectivity index (χ1n) is 10.9. The second-order valence-electron chi connectivity index (χ2n) is 8.20. The second-order valence-corrected chi connectivity index (χ2v) is 8.20. The normalized spacial score (nSPS) is 11.7. The van der Waals surface area contributed by atoms with Crippen molar-refractivity contribution in [3.63, 3.8) is 0 Å². The molecular weight excluding hydrogens is 444 g/mol. The minimum absolute atomic E-state index is 0.0407. The largest absolute Gasteiger partial charge is 0.422 e. The summed E-state index contributed by atoms with van der Waals surface area (Å²) < 4.78 is 16.9. The van der Waals surface area contributed by atoms with Gasteiger partial charge in [-0.05, 0) is 45.8 Å². The van der Waals surface area contributed by atoms with Crippen molar-refractivity contribution in [2.45, 2.75) is 0 Å². The molecule has 35 heavy (non-hydrogen) atoms. The first kappa shape index (κ1) is 19.4. The van der Waals surface area contributed by atoms with E-state index in [9.17, 15) is 9.59 Å². The fraction of sp³-hybridized carbons (Fsp3) is 0. The lowest BCUT2D eigenvalue weighted by molar-refractivity contribution is 0.539. The number of aromatic nitrogens is 2. The van der Waals surface area contributed by atoms with Gasteiger partial charge in [-0.2, -0.15) is 0 Å². The lowest BCUT2D eigenvalue weighted by Gasteiger charge is -2.04. The topological polar surface area (TPSA) is 99.3 Å². The van der Waals surface area contributed by atoms with Crippen LogP contribution >= 0.6 is 0 Å². The van der Waals surface area contributed by atoms with Crippen molar-refractivity contribution in [1.29, 1.82) is 0 Å². The van der Waals surface area contributed by atoms with Crippen molar-refractivity contribution in [3.8, 4) is 22.9 Å². The van der Waals surface area contributed by atoms with Crippen LogP contribution in [-0.2, 0) is 0 Å². The Hall–Kier alpha value is -5.04. The van der Waals surface area contributed by atoms with E-state index in [0.717, 1.165) is 32.3 Å². The van der Waals surface area contributed by atoms with Gasteiger partial charge in [0.25, 0.3) is 11.8 Å². The van der Waals surface area contributed by atoms with Gasteiger partial charge in [0.2, 0.25) is 0 Å². The van der Waals surface area contributed by atoms with Crippen molar-refractivity contribution < 1.29 is 13.3 Å². The molecule has 7 rings (SSSR count). The Morgan fingerprint density at radius 2 is 0.943 bits per heavy atom. The molecular formula is C28H14N2O5. The third-order valence-corrected chi connectivity index (χ3v) is 6.17. The molecule has 166 valence electrons. The van der Waals surface area contributed by atoms with Crippen molar-refractivity contribution in [1.82, 2.24) is 10.2 Å². The monoisotopic (exact) mass is 458 g/mol. The number of hydrogen-bond donors (Lipinski definition) is 0. The minimum Gasteiger partial charge on any atom is -0.422 e. The Morgan fingerprint density at radius 1 is 0.486 bits per heavy atom. The number of fused-ring (bicyclic) bond motifs is 6. The SMILES string of the molecule is O=c1oc2ccc3ccccc3c2cc1-c1nnc(-c2cc3c(ccc4ccccc43)oc2=O)o1.